The molecular weight excluding hydrogens is 649 g/mol. The number of hydrogen-bond donors (Lipinski definition) is 0. The summed E-state index contributed by atoms with van der Waals surface area (Å²) in [5, 5.41) is 2.48. The summed E-state index contributed by atoms with van der Waals surface area (Å²) in [5.41, 5.74) is 15.2. The van der Waals surface area contributed by atoms with Gasteiger partial charge in [-0.3, -0.25) is 0 Å². The Labute approximate surface area is 307 Å². The van der Waals surface area contributed by atoms with Crippen LogP contribution in [0.3, 0.4) is 0 Å². The SMILES string of the molecule is CC1(C)c2ccccc2-c2ccc(-c3ccc(-c4ccc5sc6ccccc6c5c4-c4cc(-c5ccccc5)nc(-c5ccccc5)n4)cc3)cc21. The van der Waals surface area contributed by atoms with E-state index in [0.717, 1.165) is 45.0 Å². The number of thiophene rings is 1. The molecule has 1 aliphatic carbocycles. The Morgan fingerprint density at radius 2 is 1.04 bits per heavy atom. The van der Waals surface area contributed by atoms with E-state index in [0.29, 0.717) is 0 Å². The minimum Gasteiger partial charge on any atom is -0.228 e. The lowest BCUT2D eigenvalue weighted by Gasteiger charge is -2.22. The highest BCUT2D eigenvalue weighted by atomic mass is 32.1. The lowest BCUT2D eigenvalue weighted by Crippen LogP contribution is -2.14. The molecule has 0 N–H and O–H groups in total. The van der Waals surface area contributed by atoms with Crippen molar-refractivity contribution < 1.29 is 0 Å². The molecule has 0 spiro atoms. The van der Waals surface area contributed by atoms with Crippen LogP contribution in [0.4, 0.5) is 0 Å². The van der Waals surface area contributed by atoms with Crippen LogP contribution in [0.25, 0.3) is 87.5 Å². The molecule has 2 aromatic heterocycles. The molecule has 0 fully saturated rings. The highest BCUT2D eigenvalue weighted by Crippen LogP contribution is 2.50. The first-order valence-electron chi connectivity index (χ1n) is 17.8. The van der Waals surface area contributed by atoms with Crippen LogP contribution in [0.5, 0.6) is 0 Å². The summed E-state index contributed by atoms with van der Waals surface area (Å²) in [6.45, 7) is 4.69. The normalized spacial score (nSPS) is 13.0. The number of benzene rings is 7. The van der Waals surface area contributed by atoms with E-state index in [2.05, 4.69) is 172 Å². The lowest BCUT2D eigenvalue weighted by molar-refractivity contribution is 0.660. The Kier molecular flexibility index (Phi) is 7.06. The van der Waals surface area contributed by atoms with Crippen molar-refractivity contribution in [2.75, 3.05) is 0 Å². The second kappa shape index (κ2) is 12.0. The van der Waals surface area contributed by atoms with Crippen LogP contribution >= 0.6 is 11.3 Å². The first kappa shape index (κ1) is 30.6. The molecular formula is C49H34N2S. The van der Waals surface area contributed by atoms with Crippen molar-refractivity contribution in [1.82, 2.24) is 9.97 Å². The van der Waals surface area contributed by atoms with Gasteiger partial charge in [-0.05, 0) is 68.8 Å². The molecule has 0 bridgehead atoms. The van der Waals surface area contributed by atoms with Gasteiger partial charge in [0.05, 0.1) is 11.4 Å². The van der Waals surface area contributed by atoms with Gasteiger partial charge in [-0.2, -0.15) is 0 Å². The quantitative estimate of drug-likeness (QED) is 0.181. The molecule has 0 radical (unpaired) electrons. The summed E-state index contributed by atoms with van der Waals surface area (Å²) in [4.78, 5) is 10.5. The Morgan fingerprint density at radius 1 is 0.423 bits per heavy atom. The molecule has 3 heteroatoms. The fraction of sp³-hybridized carbons (Fsp3) is 0.0612. The number of nitrogens with zero attached hydrogens (tertiary/aromatic N) is 2. The van der Waals surface area contributed by atoms with Gasteiger partial charge in [0.25, 0.3) is 0 Å². The predicted octanol–water partition coefficient (Wildman–Crippen LogP) is 13.5. The third-order valence-electron chi connectivity index (χ3n) is 10.7. The van der Waals surface area contributed by atoms with Gasteiger partial charge in [0.15, 0.2) is 5.82 Å². The third-order valence-corrected chi connectivity index (χ3v) is 11.9. The molecule has 0 saturated carbocycles. The Hall–Kier alpha value is -6.16. The van der Waals surface area contributed by atoms with Gasteiger partial charge in [0.1, 0.15) is 0 Å². The smallest absolute Gasteiger partial charge is 0.160 e. The van der Waals surface area contributed by atoms with Gasteiger partial charge < -0.3 is 0 Å². The summed E-state index contributed by atoms with van der Waals surface area (Å²) < 4.78 is 2.52. The predicted molar refractivity (Wildman–Crippen MR) is 220 cm³/mol. The highest BCUT2D eigenvalue weighted by molar-refractivity contribution is 7.26. The lowest BCUT2D eigenvalue weighted by atomic mass is 9.81. The molecule has 0 atom stereocenters. The van der Waals surface area contributed by atoms with Crippen LogP contribution in [0.15, 0.2) is 170 Å². The monoisotopic (exact) mass is 682 g/mol. The average Bonchev–Trinajstić information content (AvgIpc) is 3.70. The average molecular weight is 683 g/mol. The minimum absolute atomic E-state index is 0.0375. The van der Waals surface area contributed by atoms with E-state index in [1.807, 2.05) is 23.5 Å². The second-order valence-electron chi connectivity index (χ2n) is 14.2. The van der Waals surface area contributed by atoms with Gasteiger partial charge >= 0.3 is 0 Å². The van der Waals surface area contributed by atoms with Crippen molar-refractivity contribution in [2.45, 2.75) is 19.3 Å². The van der Waals surface area contributed by atoms with E-state index < -0.39 is 0 Å². The zero-order valence-electron chi connectivity index (χ0n) is 29.0. The maximum absolute atomic E-state index is 5.34. The Bertz CT molecular complexity index is 2740. The molecule has 0 aliphatic heterocycles. The van der Waals surface area contributed by atoms with Crippen molar-refractivity contribution in [3.05, 3.63) is 181 Å². The largest absolute Gasteiger partial charge is 0.228 e. The van der Waals surface area contributed by atoms with Crippen molar-refractivity contribution in [2.24, 2.45) is 0 Å². The first-order valence-corrected chi connectivity index (χ1v) is 18.6. The van der Waals surface area contributed by atoms with E-state index in [9.17, 15) is 0 Å². The molecule has 0 unspecified atom stereocenters. The summed E-state index contributed by atoms with van der Waals surface area (Å²) >= 11 is 1.84. The summed E-state index contributed by atoms with van der Waals surface area (Å²) in [5.74, 6) is 0.719. The highest BCUT2D eigenvalue weighted by Gasteiger charge is 2.35. The standard InChI is InChI=1S/C49H34N2S/c1-49(2)40-19-11-9-17-37(40)38-26-25-35(29-41(38)49)31-21-23-32(24-22-31)36-27-28-45-47(39-18-10-12-20-44(39)52-45)46(36)43-30-42(33-13-5-3-6-14-33)50-48(51-43)34-15-7-4-8-16-34/h3-30H,1-2H3. The molecule has 52 heavy (non-hydrogen) atoms. The molecule has 246 valence electrons. The Morgan fingerprint density at radius 3 is 1.85 bits per heavy atom. The van der Waals surface area contributed by atoms with Crippen molar-refractivity contribution in [3.63, 3.8) is 0 Å². The molecule has 2 nitrogen and oxygen atoms in total. The van der Waals surface area contributed by atoms with Crippen LogP contribution in [-0.2, 0) is 5.41 Å². The van der Waals surface area contributed by atoms with Crippen molar-refractivity contribution in [1.29, 1.82) is 0 Å². The van der Waals surface area contributed by atoms with Gasteiger partial charge in [-0.15, -0.1) is 11.3 Å². The van der Waals surface area contributed by atoms with E-state index in [1.165, 1.54) is 53.6 Å². The van der Waals surface area contributed by atoms with E-state index >= 15 is 0 Å². The van der Waals surface area contributed by atoms with Crippen LogP contribution in [0.1, 0.15) is 25.0 Å². The van der Waals surface area contributed by atoms with Gasteiger partial charge in [0, 0.05) is 42.3 Å². The molecule has 1 aliphatic rings. The number of aromatic nitrogens is 2. The van der Waals surface area contributed by atoms with Gasteiger partial charge in [-0.1, -0.05) is 159 Å². The van der Waals surface area contributed by atoms with E-state index in [4.69, 9.17) is 9.97 Å². The van der Waals surface area contributed by atoms with Crippen molar-refractivity contribution >= 4 is 31.5 Å². The molecule has 0 saturated heterocycles. The first-order chi connectivity index (χ1) is 25.5. The maximum atomic E-state index is 5.34. The van der Waals surface area contributed by atoms with Gasteiger partial charge in [0.2, 0.25) is 0 Å². The number of hydrogen-bond acceptors (Lipinski definition) is 3. The van der Waals surface area contributed by atoms with Crippen LogP contribution in [0.2, 0.25) is 0 Å². The number of rotatable bonds is 5. The summed E-state index contributed by atoms with van der Waals surface area (Å²) in [6.07, 6.45) is 0. The van der Waals surface area contributed by atoms with Gasteiger partial charge in [-0.25, -0.2) is 9.97 Å². The van der Waals surface area contributed by atoms with Crippen molar-refractivity contribution in [3.8, 4) is 67.3 Å². The molecule has 2 heterocycles. The van der Waals surface area contributed by atoms with Crippen LogP contribution < -0.4 is 0 Å². The van der Waals surface area contributed by atoms with Crippen LogP contribution in [-0.4, -0.2) is 9.97 Å². The maximum Gasteiger partial charge on any atom is 0.160 e. The zero-order valence-corrected chi connectivity index (χ0v) is 29.8. The second-order valence-corrected chi connectivity index (χ2v) is 15.2. The van der Waals surface area contributed by atoms with E-state index in [-0.39, 0.29) is 5.41 Å². The third kappa shape index (κ3) is 4.92. The molecule has 9 aromatic rings. The molecule has 10 rings (SSSR count). The topological polar surface area (TPSA) is 25.8 Å². The van der Waals surface area contributed by atoms with E-state index in [1.54, 1.807) is 0 Å². The fourth-order valence-electron chi connectivity index (χ4n) is 8.10. The molecule has 0 amide bonds. The molecule has 7 aromatic carbocycles. The fourth-order valence-corrected chi connectivity index (χ4v) is 9.21. The summed E-state index contributed by atoms with van der Waals surface area (Å²) in [6, 6.07) is 61.1. The number of fused-ring (bicyclic) bond motifs is 6. The zero-order chi connectivity index (χ0) is 34.8. The summed E-state index contributed by atoms with van der Waals surface area (Å²) in [7, 11) is 0. The minimum atomic E-state index is -0.0375. The van der Waals surface area contributed by atoms with Crippen LogP contribution in [0, 0.1) is 0 Å². The Balaban J connectivity index is 1.16.